The molecule has 0 spiro atoms. The minimum absolute atomic E-state index is 0.0317. The predicted octanol–water partition coefficient (Wildman–Crippen LogP) is 2.65. The molecule has 1 aliphatic rings. The van der Waals surface area contributed by atoms with Gasteiger partial charge in [-0.1, -0.05) is 27.7 Å². The maximum Gasteiger partial charge on any atom is 0.222 e. The second-order valence-corrected chi connectivity index (χ2v) is 6.83. The molecule has 5 heteroatoms. The zero-order valence-corrected chi connectivity index (χ0v) is 14.4. The van der Waals surface area contributed by atoms with Crippen LogP contribution in [0.5, 0.6) is 0 Å². The number of hydrogen-bond acceptors (Lipinski definition) is 4. The number of aromatic nitrogens is 2. The Kier molecular flexibility index (Phi) is 5.37. The standard InChI is InChI=1S/C17H28N4O/c1-11(2)16-18-13(5)9-15(20-16)21-8-6-7-14(10-21)19-17(22)12(3)4/h9,11-12,14H,6-8,10H2,1-5H3,(H,19,22). The van der Waals surface area contributed by atoms with Gasteiger partial charge in [-0.25, -0.2) is 9.97 Å². The largest absolute Gasteiger partial charge is 0.354 e. The molecule has 0 aromatic carbocycles. The summed E-state index contributed by atoms with van der Waals surface area (Å²) in [6, 6.07) is 2.25. The van der Waals surface area contributed by atoms with Crippen LogP contribution in [0.4, 0.5) is 5.82 Å². The van der Waals surface area contributed by atoms with Crippen molar-refractivity contribution in [2.24, 2.45) is 5.92 Å². The smallest absolute Gasteiger partial charge is 0.222 e. The molecule has 1 N–H and O–H groups in total. The van der Waals surface area contributed by atoms with Crippen LogP contribution >= 0.6 is 0 Å². The number of piperidine rings is 1. The average Bonchev–Trinajstić information content (AvgIpc) is 2.46. The van der Waals surface area contributed by atoms with Gasteiger partial charge in [-0.05, 0) is 19.8 Å². The van der Waals surface area contributed by atoms with E-state index in [2.05, 4.69) is 29.0 Å². The zero-order chi connectivity index (χ0) is 16.3. The van der Waals surface area contributed by atoms with Crippen LogP contribution in [0, 0.1) is 12.8 Å². The van der Waals surface area contributed by atoms with E-state index in [9.17, 15) is 4.79 Å². The van der Waals surface area contributed by atoms with Crippen molar-refractivity contribution in [3.05, 3.63) is 17.6 Å². The lowest BCUT2D eigenvalue weighted by molar-refractivity contribution is -0.124. The highest BCUT2D eigenvalue weighted by Gasteiger charge is 2.23. The Morgan fingerprint density at radius 3 is 2.68 bits per heavy atom. The first-order valence-electron chi connectivity index (χ1n) is 8.27. The van der Waals surface area contributed by atoms with E-state index in [0.717, 1.165) is 43.3 Å². The van der Waals surface area contributed by atoms with Crippen LogP contribution in [-0.2, 0) is 4.79 Å². The Hall–Kier alpha value is -1.65. The fourth-order valence-electron chi connectivity index (χ4n) is 2.67. The second-order valence-electron chi connectivity index (χ2n) is 6.83. The number of carbonyl (C=O) groups is 1. The summed E-state index contributed by atoms with van der Waals surface area (Å²) in [6.07, 6.45) is 2.11. The maximum absolute atomic E-state index is 11.9. The number of amides is 1. The summed E-state index contributed by atoms with van der Waals surface area (Å²) in [6.45, 7) is 11.9. The van der Waals surface area contributed by atoms with Crippen LogP contribution in [-0.4, -0.2) is 35.0 Å². The fourth-order valence-corrected chi connectivity index (χ4v) is 2.67. The molecule has 122 valence electrons. The van der Waals surface area contributed by atoms with Crippen molar-refractivity contribution in [3.8, 4) is 0 Å². The molecule has 0 saturated carbocycles. The molecule has 2 rings (SSSR count). The molecule has 22 heavy (non-hydrogen) atoms. The van der Waals surface area contributed by atoms with Gasteiger partial charge >= 0.3 is 0 Å². The summed E-state index contributed by atoms with van der Waals surface area (Å²) in [5.74, 6) is 2.36. The summed E-state index contributed by atoms with van der Waals surface area (Å²) in [7, 11) is 0. The van der Waals surface area contributed by atoms with Gasteiger partial charge in [0, 0.05) is 42.7 Å². The van der Waals surface area contributed by atoms with Crippen LogP contribution in [0.3, 0.4) is 0 Å². The molecule has 1 amide bonds. The monoisotopic (exact) mass is 304 g/mol. The molecule has 1 unspecified atom stereocenters. The number of carbonyl (C=O) groups excluding carboxylic acids is 1. The highest BCUT2D eigenvalue weighted by molar-refractivity contribution is 5.78. The summed E-state index contributed by atoms with van der Waals surface area (Å²) in [5.41, 5.74) is 1.00. The molecule has 1 aliphatic heterocycles. The van der Waals surface area contributed by atoms with Crippen molar-refractivity contribution in [1.82, 2.24) is 15.3 Å². The molecule has 1 aromatic heterocycles. The maximum atomic E-state index is 11.9. The molecule has 2 heterocycles. The Balaban J connectivity index is 2.10. The molecule has 1 aromatic rings. The van der Waals surface area contributed by atoms with Crippen molar-refractivity contribution >= 4 is 11.7 Å². The molecular formula is C17H28N4O. The lowest BCUT2D eigenvalue weighted by atomic mass is 10.0. The predicted molar refractivity (Wildman–Crippen MR) is 89.1 cm³/mol. The number of rotatable bonds is 4. The summed E-state index contributed by atoms with van der Waals surface area (Å²) in [5, 5.41) is 3.15. The van der Waals surface area contributed by atoms with Crippen LogP contribution in [0.1, 0.15) is 58.0 Å². The topological polar surface area (TPSA) is 58.1 Å². The van der Waals surface area contributed by atoms with Gasteiger partial charge in [0.05, 0.1) is 0 Å². The first-order valence-corrected chi connectivity index (χ1v) is 8.27. The third kappa shape index (κ3) is 4.18. The average molecular weight is 304 g/mol. The van der Waals surface area contributed by atoms with E-state index in [0.29, 0.717) is 5.92 Å². The van der Waals surface area contributed by atoms with E-state index in [1.54, 1.807) is 0 Å². The summed E-state index contributed by atoms with van der Waals surface area (Å²) < 4.78 is 0. The number of nitrogens with zero attached hydrogens (tertiary/aromatic N) is 3. The lowest BCUT2D eigenvalue weighted by Crippen LogP contribution is -2.49. The van der Waals surface area contributed by atoms with Gasteiger partial charge in [-0.2, -0.15) is 0 Å². The van der Waals surface area contributed by atoms with Gasteiger partial charge in [0.1, 0.15) is 11.6 Å². The third-order valence-corrected chi connectivity index (χ3v) is 3.99. The fraction of sp³-hybridized carbons (Fsp3) is 0.706. The Morgan fingerprint density at radius 2 is 2.05 bits per heavy atom. The van der Waals surface area contributed by atoms with Gasteiger partial charge in [-0.15, -0.1) is 0 Å². The zero-order valence-electron chi connectivity index (χ0n) is 14.4. The molecule has 1 saturated heterocycles. The van der Waals surface area contributed by atoms with Gasteiger partial charge in [0.15, 0.2) is 0 Å². The molecule has 5 nitrogen and oxygen atoms in total. The number of hydrogen-bond donors (Lipinski definition) is 1. The second kappa shape index (κ2) is 7.07. The van der Waals surface area contributed by atoms with E-state index in [1.165, 1.54) is 0 Å². The number of anilines is 1. The van der Waals surface area contributed by atoms with E-state index >= 15 is 0 Å². The summed E-state index contributed by atoms with van der Waals surface area (Å²) in [4.78, 5) is 23.4. The van der Waals surface area contributed by atoms with Crippen molar-refractivity contribution < 1.29 is 4.79 Å². The van der Waals surface area contributed by atoms with E-state index < -0.39 is 0 Å². The molecule has 1 fully saturated rings. The van der Waals surface area contributed by atoms with Gasteiger partial charge < -0.3 is 10.2 Å². The van der Waals surface area contributed by atoms with Crippen LogP contribution in [0.2, 0.25) is 0 Å². The number of nitrogens with one attached hydrogen (secondary N) is 1. The molecular weight excluding hydrogens is 276 g/mol. The minimum Gasteiger partial charge on any atom is -0.354 e. The van der Waals surface area contributed by atoms with Gasteiger partial charge in [0.2, 0.25) is 5.91 Å². The van der Waals surface area contributed by atoms with Crippen molar-refractivity contribution in [3.63, 3.8) is 0 Å². The third-order valence-electron chi connectivity index (χ3n) is 3.99. The first-order chi connectivity index (χ1) is 10.4. The minimum atomic E-state index is 0.0317. The van der Waals surface area contributed by atoms with Crippen LogP contribution < -0.4 is 10.2 Å². The molecule has 0 aliphatic carbocycles. The van der Waals surface area contributed by atoms with Gasteiger partial charge in [-0.3, -0.25) is 4.79 Å². The molecule has 1 atom stereocenters. The first kappa shape index (κ1) is 16.7. The number of aryl methyl sites for hydroxylation is 1. The van der Waals surface area contributed by atoms with E-state index in [4.69, 9.17) is 4.98 Å². The van der Waals surface area contributed by atoms with E-state index in [-0.39, 0.29) is 17.9 Å². The van der Waals surface area contributed by atoms with Crippen molar-refractivity contribution in [1.29, 1.82) is 0 Å². The Labute approximate surface area is 133 Å². The van der Waals surface area contributed by atoms with Crippen LogP contribution in [0.25, 0.3) is 0 Å². The molecule has 0 bridgehead atoms. The van der Waals surface area contributed by atoms with Crippen molar-refractivity contribution in [2.75, 3.05) is 18.0 Å². The molecule has 0 radical (unpaired) electrons. The Morgan fingerprint density at radius 1 is 1.32 bits per heavy atom. The lowest BCUT2D eigenvalue weighted by Gasteiger charge is -2.34. The normalized spacial score (nSPS) is 18.9. The highest BCUT2D eigenvalue weighted by Crippen LogP contribution is 2.21. The SMILES string of the molecule is Cc1cc(N2CCCC(NC(=O)C(C)C)C2)nc(C(C)C)n1. The van der Waals surface area contributed by atoms with Crippen LogP contribution in [0.15, 0.2) is 6.07 Å². The van der Waals surface area contributed by atoms with E-state index in [1.807, 2.05) is 26.8 Å². The van der Waals surface area contributed by atoms with Gasteiger partial charge in [0.25, 0.3) is 0 Å². The van der Waals surface area contributed by atoms with Crippen molar-refractivity contribution in [2.45, 2.75) is 59.4 Å². The summed E-state index contributed by atoms with van der Waals surface area (Å²) >= 11 is 0. The highest BCUT2D eigenvalue weighted by atomic mass is 16.1. The quantitative estimate of drug-likeness (QED) is 0.929. The Bertz CT molecular complexity index is 527.